The van der Waals surface area contributed by atoms with Crippen LogP contribution in [0.15, 0.2) is 54.6 Å². The summed E-state index contributed by atoms with van der Waals surface area (Å²) in [6, 6.07) is 14.8. The standard InChI is InChI=1S/C21H20N2O3/c24-20(26-14-9-11-22-12-10-14)13-18-15-5-1-2-7-17(15)21(25)23-19-8-4-3-6-16(18)19/h1-8,13-14,22H,9-12H2,(H,23,25)/b18-13+. The molecule has 0 saturated carbocycles. The lowest BCUT2D eigenvalue weighted by Gasteiger charge is -2.22. The third-order valence-corrected chi connectivity index (χ3v) is 4.76. The van der Waals surface area contributed by atoms with Crippen molar-refractivity contribution in [3.63, 3.8) is 0 Å². The SMILES string of the molecule is O=C(/C=C1/c2ccccc2NC(=O)c2ccccc21)OC1CCNCC1. The number of amides is 1. The van der Waals surface area contributed by atoms with Crippen LogP contribution in [0.3, 0.4) is 0 Å². The van der Waals surface area contributed by atoms with E-state index in [0.29, 0.717) is 16.8 Å². The minimum atomic E-state index is -0.370. The average molecular weight is 348 g/mol. The second-order valence-electron chi connectivity index (χ2n) is 6.49. The number of ether oxygens (including phenoxy) is 1. The van der Waals surface area contributed by atoms with Gasteiger partial charge >= 0.3 is 5.97 Å². The maximum atomic E-state index is 12.6. The molecule has 0 bridgehead atoms. The number of rotatable bonds is 2. The van der Waals surface area contributed by atoms with Crippen molar-refractivity contribution < 1.29 is 14.3 Å². The van der Waals surface area contributed by atoms with Gasteiger partial charge in [-0.15, -0.1) is 0 Å². The molecule has 1 fully saturated rings. The quantitative estimate of drug-likeness (QED) is 0.647. The van der Waals surface area contributed by atoms with Crippen LogP contribution in [0.4, 0.5) is 5.69 Å². The molecule has 26 heavy (non-hydrogen) atoms. The van der Waals surface area contributed by atoms with E-state index < -0.39 is 0 Å². The van der Waals surface area contributed by atoms with Gasteiger partial charge in [0.05, 0.1) is 0 Å². The van der Waals surface area contributed by atoms with Gasteiger partial charge in [-0.25, -0.2) is 4.79 Å². The number of esters is 1. The third kappa shape index (κ3) is 3.26. The van der Waals surface area contributed by atoms with Gasteiger partial charge in [-0.1, -0.05) is 36.4 Å². The van der Waals surface area contributed by atoms with E-state index in [0.717, 1.165) is 37.1 Å². The Bertz CT molecular complexity index is 882. The van der Waals surface area contributed by atoms with Gasteiger partial charge in [0.2, 0.25) is 0 Å². The van der Waals surface area contributed by atoms with Gasteiger partial charge in [0, 0.05) is 22.9 Å². The molecule has 2 aromatic carbocycles. The fourth-order valence-electron chi connectivity index (χ4n) is 3.46. The minimum absolute atomic E-state index is 0.0587. The van der Waals surface area contributed by atoms with Crippen LogP contribution in [0.2, 0.25) is 0 Å². The van der Waals surface area contributed by atoms with Crippen LogP contribution in [0, 0.1) is 0 Å². The van der Waals surface area contributed by atoms with E-state index in [1.165, 1.54) is 6.08 Å². The zero-order valence-corrected chi connectivity index (χ0v) is 14.3. The Morgan fingerprint density at radius 2 is 1.62 bits per heavy atom. The largest absolute Gasteiger partial charge is 0.459 e. The number of hydrogen-bond donors (Lipinski definition) is 2. The highest BCUT2D eigenvalue weighted by molar-refractivity contribution is 6.14. The van der Waals surface area contributed by atoms with Crippen molar-refractivity contribution in [3.8, 4) is 0 Å². The van der Waals surface area contributed by atoms with Crippen LogP contribution >= 0.6 is 0 Å². The van der Waals surface area contributed by atoms with Crippen LogP contribution < -0.4 is 10.6 Å². The average Bonchev–Trinajstić information content (AvgIpc) is 2.78. The van der Waals surface area contributed by atoms with Crippen molar-refractivity contribution in [2.75, 3.05) is 18.4 Å². The number of anilines is 1. The molecule has 0 unspecified atom stereocenters. The summed E-state index contributed by atoms with van der Waals surface area (Å²) in [5.41, 5.74) is 3.48. The molecule has 0 spiro atoms. The molecule has 1 saturated heterocycles. The zero-order valence-electron chi connectivity index (χ0n) is 14.3. The van der Waals surface area contributed by atoms with Gasteiger partial charge in [0.25, 0.3) is 5.91 Å². The number of nitrogens with one attached hydrogen (secondary N) is 2. The van der Waals surface area contributed by atoms with E-state index in [9.17, 15) is 9.59 Å². The van der Waals surface area contributed by atoms with Crippen LogP contribution in [-0.4, -0.2) is 31.1 Å². The summed E-state index contributed by atoms with van der Waals surface area (Å²) >= 11 is 0. The maximum absolute atomic E-state index is 12.6. The Labute approximate surface area is 152 Å². The molecule has 0 aromatic heterocycles. The molecular formula is C21H20N2O3. The Kier molecular flexibility index (Phi) is 4.54. The van der Waals surface area contributed by atoms with Gasteiger partial charge in [0.15, 0.2) is 0 Å². The van der Waals surface area contributed by atoms with E-state index in [2.05, 4.69) is 10.6 Å². The molecule has 132 valence electrons. The zero-order chi connectivity index (χ0) is 17.9. The van der Waals surface area contributed by atoms with E-state index in [1.807, 2.05) is 42.5 Å². The molecule has 2 aromatic rings. The highest BCUT2D eigenvalue weighted by Crippen LogP contribution is 2.35. The van der Waals surface area contributed by atoms with Crippen molar-refractivity contribution in [3.05, 3.63) is 71.3 Å². The molecule has 2 aliphatic heterocycles. The molecule has 2 aliphatic rings. The molecule has 5 nitrogen and oxygen atoms in total. The number of hydrogen-bond acceptors (Lipinski definition) is 4. The predicted molar refractivity (Wildman–Crippen MR) is 99.9 cm³/mol. The van der Waals surface area contributed by atoms with E-state index >= 15 is 0 Å². The molecule has 0 aliphatic carbocycles. The Morgan fingerprint density at radius 3 is 2.38 bits per heavy atom. The fraction of sp³-hybridized carbons (Fsp3) is 0.238. The summed E-state index contributed by atoms with van der Waals surface area (Å²) in [6.07, 6.45) is 3.10. The fourth-order valence-corrected chi connectivity index (χ4v) is 3.46. The van der Waals surface area contributed by atoms with Crippen molar-refractivity contribution in [1.29, 1.82) is 0 Å². The lowest BCUT2D eigenvalue weighted by molar-refractivity contribution is -0.143. The number of para-hydroxylation sites is 1. The summed E-state index contributed by atoms with van der Waals surface area (Å²) in [4.78, 5) is 25.1. The van der Waals surface area contributed by atoms with E-state index in [-0.39, 0.29) is 18.0 Å². The predicted octanol–water partition coefficient (Wildman–Crippen LogP) is 2.98. The first-order valence-electron chi connectivity index (χ1n) is 8.85. The summed E-state index contributed by atoms with van der Waals surface area (Å²) in [6.45, 7) is 1.72. The van der Waals surface area contributed by atoms with Crippen LogP contribution in [0.1, 0.15) is 34.3 Å². The number of benzene rings is 2. The Balaban J connectivity index is 1.75. The van der Waals surface area contributed by atoms with E-state index in [1.54, 1.807) is 6.07 Å². The van der Waals surface area contributed by atoms with Crippen LogP contribution in [0.5, 0.6) is 0 Å². The third-order valence-electron chi connectivity index (χ3n) is 4.76. The lowest BCUT2D eigenvalue weighted by atomic mass is 9.94. The molecular weight excluding hydrogens is 328 g/mol. The smallest absolute Gasteiger partial charge is 0.331 e. The van der Waals surface area contributed by atoms with Gasteiger partial charge in [-0.3, -0.25) is 4.79 Å². The first-order chi connectivity index (χ1) is 12.7. The molecule has 4 rings (SSSR count). The molecule has 0 radical (unpaired) electrons. The number of fused-ring (bicyclic) bond motifs is 2. The molecule has 5 heteroatoms. The van der Waals surface area contributed by atoms with Gasteiger partial charge in [0.1, 0.15) is 6.10 Å². The Morgan fingerprint density at radius 1 is 0.962 bits per heavy atom. The summed E-state index contributed by atoms with van der Waals surface area (Å²) in [7, 11) is 0. The first kappa shape index (κ1) is 16.5. The second kappa shape index (κ2) is 7.14. The first-order valence-corrected chi connectivity index (χ1v) is 8.85. The highest BCUT2D eigenvalue weighted by Gasteiger charge is 2.24. The van der Waals surface area contributed by atoms with Gasteiger partial charge in [-0.05, 0) is 49.2 Å². The molecule has 2 N–H and O–H groups in total. The highest BCUT2D eigenvalue weighted by atomic mass is 16.5. The molecule has 1 amide bonds. The lowest BCUT2D eigenvalue weighted by Crippen LogP contribution is -2.33. The normalized spacial score (nSPS) is 18.5. The van der Waals surface area contributed by atoms with Crippen molar-refractivity contribution in [1.82, 2.24) is 5.32 Å². The van der Waals surface area contributed by atoms with Gasteiger partial charge < -0.3 is 15.4 Å². The van der Waals surface area contributed by atoms with Crippen LogP contribution in [-0.2, 0) is 9.53 Å². The van der Waals surface area contributed by atoms with Crippen molar-refractivity contribution in [2.24, 2.45) is 0 Å². The topological polar surface area (TPSA) is 67.4 Å². The summed E-state index contributed by atoms with van der Waals surface area (Å²) in [5, 5.41) is 6.18. The maximum Gasteiger partial charge on any atom is 0.331 e. The molecule has 2 heterocycles. The van der Waals surface area contributed by atoms with Crippen molar-refractivity contribution in [2.45, 2.75) is 18.9 Å². The van der Waals surface area contributed by atoms with Crippen LogP contribution in [0.25, 0.3) is 5.57 Å². The second-order valence-corrected chi connectivity index (χ2v) is 6.49. The number of carbonyl (C=O) groups is 2. The Hall–Kier alpha value is -2.92. The van der Waals surface area contributed by atoms with E-state index in [4.69, 9.17) is 4.74 Å². The summed E-state index contributed by atoms with van der Waals surface area (Å²) < 4.78 is 5.63. The molecule has 0 atom stereocenters. The minimum Gasteiger partial charge on any atom is -0.459 e. The number of carbonyl (C=O) groups excluding carboxylic acids is 2. The summed E-state index contributed by atoms with van der Waals surface area (Å²) in [5.74, 6) is -0.547. The number of piperidine rings is 1. The van der Waals surface area contributed by atoms with Gasteiger partial charge in [-0.2, -0.15) is 0 Å². The monoisotopic (exact) mass is 348 g/mol. The van der Waals surface area contributed by atoms with Crippen molar-refractivity contribution >= 4 is 23.1 Å².